The maximum Gasteiger partial charge on any atom is 0.255 e. The molecule has 15 heavy (non-hydrogen) atoms. The lowest BCUT2D eigenvalue weighted by atomic mass is 10.3. The van der Waals surface area contributed by atoms with Gasteiger partial charge in [0.25, 0.3) is 5.56 Å². The van der Waals surface area contributed by atoms with E-state index in [0.717, 1.165) is 15.9 Å². The van der Waals surface area contributed by atoms with Crippen molar-refractivity contribution in [1.29, 1.82) is 0 Å². The molecule has 0 aliphatic carbocycles. The molecule has 0 saturated heterocycles. The maximum atomic E-state index is 11.7. The van der Waals surface area contributed by atoms with E-state index >= 15 is 0 Å². The number of rotatable bonds is 1. The molecule has 0 aliphatic rings. The third kappa shape index (κ3) is 1.88. The van der Waals surface area contributed by atoms with Crippen LogP contribution in [0.4, 0.5) is 0 Å². The van der Waals surface area contributed by atoms with Crippen LogP contribution in [0, 0.1) is 6.92 Å². The highest BCUT2D eigenvalue weighted by molar-refractivity contribution is 9.10. The molecule has 3 heteroatoms. The second-order valence-corrected chi connectivity index (χ2v) is 4.13. The molecule has 0 unspecified atom stereocenters. The topological polar surface area (TPSA) is 22.0 Å². The average Bonchev–Trinajstić information content (AvgIpc) is 2.26. The molecule has 76 valence electrons. The minimum Gasteiger partial charge on any atom is -0.280 e. The van der Waals surface area contributed by atoms with Crippen LogP contribution < -0.4 is 5.56 Å². The van der Waals surface area contributed by atoms with E-state index in [4.69, 9.17) is 0 Å². The first-order valence-electron chi connectivity index (χ1n) is 4.64. The molecular weight excluding hydrogens is 254 g/mol. The van der Waals surface area contributed by atoms with Gasteiger partial charge >= 0.3 is 0 Å². The van der Waals surface area contributed by atoms with Crippen LogP contribution in [-0.4, -0.2) is 4.57 Å². The van der Waals surface area contributed by atoms with Crippen molar-refractivity contribution in [2.75, 3.05) is 0 Å². The van der Waals surface area contributed by atoms with Gasteiger partial charge < -0.3 is 0 Å². The van der Waals surface area contributed by atoms with Crippen LogP contribution in [0.2, 0.25) is 0 Å². The maximum absolute atomic E-state index is 11.7. The molecule has 2 nitrogen and oxygen atoms in total. The Hall–Kier alpha value is -1.35. The van der Waals surface area contributed by atoms with E-state index in [1.807, 2.05) is 37.3 Å². The van der Waals surface area contributed by atoms with Crippen LogP contribution >= 0.6 is 15.9 Å². The van der Waals surface area contributed by atoms with Gasteiger partial charge in [-0.3, -0.25) is 9.36 Å². The zero-order chi connectivity index (χ0) is 10.8. The lowest BCUT2D eigenvalue weighted by molar-refractivity contribution is 0.926. The Balaban J connectivity index is 2.73. The van der Waals surface area contributed by atoms with Crippen molar-refractivity contribution in [3.8, 4) is 5.69 Å². The van der Waals surface area contributed by atoms with Gasteiger partial charge in [0.05, 0.1) is 0 Å². The Bertz CT molecular complexity index is 531. The predicted octanol–water partition coefficient (Wildman–Crippen LogP) is 2.91. The summed E-state index contributed by atoms with van der Waals surface area (Å²) in [4.78, 5) is 11.7. The molecule has 2 aromatic rings. The fourth-order valence-electron chi connectivity index (χ4n) is 1.51. The van der Waals surface area contributed by atoms with Crippen molar-refractivity contribution in [3.63, 3.8) is 0 Å². The van der Waals surface area contributed by atoms with Gasteiger partial charge in [0.1, 0.15) is 0 Å². The molecule has 0 fully saturated rings. The van der Waals surface area contributed by atoms with Crippen molar-refractivity contribution < 1.29 is 0 Å². The van der Waals surface area contributed by atoms with Crippen LogP contribution in [0.3, 0.4) is 0 Å². The molecule has 0 saturated carbocycles. The average molecular weight is 264 g/mol. The molecule has 0 amide bonds. The van der Waals surface area contributed by atoms with Crippen molar-refractivity contribution in [1.82, 2.24) is 4.57 Å². The van der Waals surface area contributed by atoms with Crippen LogP contribution in [0.25, 0.3) is 5.69 Å². The van der Waals surface area contributed by atoms with Crippen LogP contribution in [0.1, 0.15) is 5.69 Å². The Morgan fingerprint density at radius 1 is 1.07 bits per heavy atom. The standard InChI is InChI=1S/C12H10BrNO/c1-9-11(13)7-8-12(15)14(9)10-5-3-2-4-6-10/h2-8H,1H3. The summed E-state index contributed by atoms with van der Waals surface area (Å²) >= 11 is 3.42. The number of halogens is 1. The molecular formula is C12H10BrNO. The van der Waals surface area contributed by atoms with Gasteiger partial charge in [-0.1, -0.05) is 18.2 Å². The van der Waals surface area contributed by atoms with E-state index < -0.39 is 0 Å². The second-order valence-electron chi connectivity index (χ2n) is 3.28. The summed E-state index contributed by atoms with van der Waals surface area (Å²) in [5.41, 5.74) is 1.79. The van der Waals surface area contributed by atoms with E-state index in [1.165, 1.54) is 0 Å². The fourth-order valence-corrected chi connectivity index (χ4v) is 1.82. The first kappa shape index (κ1) is 10.2. The van der Waals surface area contributed by atoms with Crippen LogP contribution in [0.15, 0.2) is 51.7 Å². The number of hydrogen-bond acceptors (Lipinski definition) is 1. The Kier molecular flexibility index (Phi) is 2.73. The summed E-state index contributed by atoms with van der Waals surface area (Å²) in [7, 11) is 0. The van der Waals surface area contributed by atoms with Crippen molar-refractivity contribution in [3.05, 3.63) is 63.0 Å². The van der Waals surface area contributed by atoms with E-state index in [-0.39, 0.29) is 5.56 Å². The summed E-state index contributed by atoms with van der Waals surface area (Å²) < 4.78 is 2.62. The molecule has 1 aromatic heterocycles. The number of aromatic nitrogens is 1. The summed E-state index contributed by atoms with van der Waals surface area (Å²) in [6, 6.07) is 12.9. The summed E-state index contributed by atoms with van der Waals surface area (Å²) in [6.45, 7) is 1.92. The summed E-state index contributed by atoms with van der Waals surface area (Å²) in [5, 5.41) is 0. The normalized spacial score (nSPS) is 10.3. The molecule has 0 atom stereocenters. The molecule has 0 aliphatic heterocycles. The third-order valence-electron chi connectivity index (χ3n) is 2.29. The zero-order valence-electron chi connectivity index (χ0n) is 8.27. The summed E-state index contributed by atoms with van der Waals surface area (Å²) in [6.07, 6.45) is 0. The zero-order valence-corrected chi connectivity index (χ0v) is 9.86. The number of hydrogen-bond donors (Lipinski definition) is 0. The fraction of sp³-hybridized carbons (Fsp3) is 0.0833. The first-order chi connectivity index (χ1) is 7.20. The molecule has 0 spiro atoms. The van der Waals surface area contributed by atoms with E-state index in [2.05, 4.69) is 15.9 Å². The third-order valence-corrected chi connectivity index (χ3v) is 3.13. The lowest BCUT2D eigenvalue weighted by Gasteiger charge is -2.10. The van der Waals surface area contributed by atoms with Gasteiger partial charge in [0, 0.05) is 21.9 Å². The van der Waals surface area contributed by atoms with E-state index in [0.29, 0.717) is 0 Å². The molecule has 0 bridgehead atoms. The number of nitrogens with zero attached hydrogens (tertiary/aromatic N) is 1. The first-order valence-corrected chi connectivity index (χ1v) is 5.43. The molecule has 2 rings (SSSR count). The SMILES string of the molecule is Cc1c(Br)ccc(=O)n1-c1ccccc1. The minimum atomic E-state index is -0.0121. The highest BCUT2D eigenvalue weighted by atomic mass is 79.9. The van der Waals surface area contributed by atoms with Crippen LogP contribution in [0.5, 0.6) is 0 Å². The predicted molar refractivity (Wildman–Crippen MR) is 64.5 cm³/mol. The minimum absolute atomic E-state index is 0.0121. The molecule has 1 heterocycles. The van der Waals surface area contributed by atoms with Gasteiger partial charge in [-0.05, 0) is 41.1 Å². The van der Waals surface area contributed by atoms with E-state index in [1.54, 1.807) is 16.7 Å². The van der Waals surface area contributed by atoms with Crippen molar-refractivity contribution in [2.24, 2.45) is 0 Å². The van der Waals surface area contributed by atoms with Crippen molar-refractivity contribution >= 4 is 15.9 Å². The smallest absolute Gasteiger partial charge is 0.255 e. The summed E-state index contributed by atoms with van der Waals surface area (Å²) in [5.74, 6) is 0. The van der Waals surface area contributed by atoms with Gasteiger partial charge in [-0.25, -0.2) is 0 Å². The Morgan fingerprint density at radius 3 is 2.40 bits per heavy atom. The molecule has 1 aromatic carbocycles. The van der Waals surface area contributed by atoms with Crippen LogP contribution in [-0.2, 0) is 0 Å². The van der Waals surface area contributed by atoms with Crippen molar-refractivity contribution in [2.45, 2.75) is 6.92 Å². The number of pyridine rings is 1. The number of para-hydroxylation sites is 1. The van der Waals surface area contributed by atoms with E-state index in [9.17, 15) is 4.79 Å². The van der Waals surface area contributed by atoms with Gasteiger partial charge in [0.15, 0.2) is 0 Å². The molecule has 0 N–H and O–H groups in total. The van der Waals surface area contributed by atoms with Gasteiger partial charge in [-0.2, -0.15) is 0 Å². The Morgan fingerprint density at radius 2 is 1.73 bits per heavy atom. The lowest BCUT2D eigenvalue weighted by Crippen LogP contribution is -2.19. The highest BCUT2D eigenvalue weighted by Crippen LogP contribution is 2.16. The van der Waals surface area contributed by atoms with Gasteiger partial charge in [0.2, 0.25) is 0 Å². The number of benzene rings is 1. The highest BCUT2D eigenvalue weighted by Gasteiger charge is 2.04. The quantitative estimate of drug-likeness (QED) is 0.776. The monoisotopic (exact) mass is 263 g/mol. The molecule has 0 radical (unpaired) electrons. The largest absolute Gasteiger partial charge is 0.280 e. The van der Waals surface area contributed by atoms with Gasteiger partial charge in [-0.15, -0.1) is 0 Å². The Labute approximate surface area is 96.3 Å². The second kappa shape index (κ2) is 4.03.